The number of carbonyl (C=O) groups is 1. The van der Waals surface area contributed by atoms with Gasteiger partial charge in [0.15, 0.2) is 0 Å². The second-order valence-corrected chi connectivity index (χ2v) is 7.39. The zero-order chi connectivity index (χ0) is 21.3. The third-order valence-electron chi connectivity index (χ3n) is 5.46. The van der Waals surface area contributed by atoms with Crippen molar-refractivity contribution < 1.29 is 24.9 Å². The van der Waals surface area contributed by atoms with E-state index in [-0.39, 0.29) is 36.0 Å². The number of nitrogens with zero attached hydrogens (tertiary/aromatic N) is 1. The highest BCUT2D eigenvalue weighted by Crippen LogP contribution is 2.40. The number of carbonyl (C=O) groups excluding carboxylic acids is 1. The molecule has 1 aliphatic heterocycles. The Labute approximate surface area is 174 Å². The van der Waals surface area contributed by atoms with Crippen LogP contribution in [0.25, 0.3) is 0 Å². The van der Waals surface area contributed by atoms with Crippen LogP contribution in [-0.4, -0.2) is 26.1 Å². The number of hydrogen-bond acceptors (Lipinski definition) is 5. The summed E-state index contributed by atoms with van der Waals surface area (Å²) >= 11 is 0. The van der Waals surface area contributed by atoms with E-state index >= 15 is 0 Å². The highest BCUT2D eigenvalue weighted by atomic mass is 16.5. The molecule has 0 atom stereocenters. The van der Waals surface area contributed by atoms with Crippen LogP contribution in [-0.2, 0) is 26.3 Å². The van der Waals surface area contributed by atoms with E-state index in [4.69, 9.17) is 4.74 Å². The lowest BCUT2D eigenvalue weighted by Crippen LogP contribution is -2.26. The zero-order valence-corrected chi connectivity index (χ0v) is 16.6. The molecular weight excluding hydrogens is 382 g/mol. The lowest BCUT2D eigenvalue weighted by molar-refractivity contribution is 0.0742. The van der Waals surface area contributed by atoms with Crippen LogP contribution in [0.4, 0.5) is 0 Å². The quantitative estimate of drug-likeness (QED) is 0.603. The fraction of sp³-hybridized carbons (Fsp3) is 0.208. The molecule has 0 saturated carbocycles. The first-order valence-corrected chi connectivity index (χ1v) is 9.71. The van der Waals surface area contributed by atoms with Crippen LogP contribution in [0.2, 0.25) is 0 Å². The molecule has 0 aliphatic carbocycles. The highest BCUT2D eigenvalue weighted by Gasteiger charge is 2.31. The van der Waals surface area contributed by atoms with Gasteiger partial charge in [-0.15, -0.1) is 0 Å². The first kappa shape index (κ1) is 19.8. The van der Waals surface area contributed by atoms with E-state index in [0.717, 1.165) is 22.3 Å². The second kappa shape index (κ2) is 8.08. The second-order valence-electron chi connectivity index (χ2n) is 7.39. The Balaban J connectivity index is 1.66. The number of amides is 1. The van der Waals surface area contributed by atoms with Crippen molar-refractivity contribution in [2.75, 3.05) is 0 Å². The summed E-state index contributed by atoms with van der Waals surface area (Å²) in [5, 5.41) is 30.3. The maximum atomic E-state index is 13.4. The predicted octanol–water partition coefficient (Wildman–Crippen LogP) is 3.63. The Morgan fingerprint density at radius 3 is 2.53 bits per heavy atom. The number of aromatic hydroxyl groups is 2. The lowest BCUT2D eigenvalue weighted by Gasteiger charge is -2.21. The molecule has 1 heterocycles. The Morgan fingerprint density at radius 1 is 1.03 bits per heavy atom. The molecule has 0 radical (unpaired) electrons. The van der Waals surface area contributed by atoms with Crippen molar-refractivity contribution in [2.45, 2.75) is 33.2 Å². The number of fused-ring (bicyclic) bond motifs is 1. The van der Waals surface area contributed by atoms with Crippen molar-refractivity contribution in [3.8, 4) is 17.2 Å². The van der Waals surface area contributed by atoms with Crippen LogP contribution >= 0.6 is 0 Å². The molecule has 3 aromatic rings. The first-order chi connectivity index (χ1) is 14.5. The molecule has 3 aromatic carbocycles. The van der Waals surface area contributed by atoms with Crippen LogP contribution in [0.1, 0.15) is 38.2 Å². The molecule has 0 spiro atoms. The fourth-order valence-electron chi connectivity index (χ4n) is 3.79. The third-order valence-corrected chi connectivity index (χ3v) is 5.46. The van der Waals surface area contributed by atoms with Gasteiger partial charge in [0.25, 0.3) is 5.91 Å². The minimum atomic E-state index is -0.390. The summed E-state index contributed by atoms with van der Waals surface area (Å²) in [5.41, 5.74) is 4.00. The van der Waals surface area contributed by atoms with Gasteiger partial charge in [-0.25, -0.2) is 0 Å². The maximum Gasteiger partial charge on any atom is 0.262 e. The molecule has 0 unspecified atom stereocenters. The fourth-order valence-corrected chi connectivity index (χ4v) is 3.79. The molecule has 154 valence electrons. The molecule has 0 fully saturated rings. The Kier molecular flexibility index (Phi) is 5.33. The SMILES string of the molecule is Cc1c(O)cc(O)c(C(=O)N2Cc3cccc(CO)c3C2)c1OCc1ccccc1. The monoisotopic (exact) mass is 405 g/mol. The van der Waals surface area contributed by atoms with E-state index in [1.165, 1.54) is 6.07 Å². The smallest absolute Gasteiger partial charge is 0.262 e. The lowest BCUT2D eigenvalue weighted by atomic mass is 10.0. The number of phenols is 2. The van der Waals surface area contributed by atoms with Gasteiger partial charge in [0.1, 0.15) is 29.4 Å². The van der Waals surface area contributed by atoms with E-state index < -0.39 is 5.91 Å². The zero-order valence-electron chi connectivity index (χ0n) is 16.6. The van der Waals surface area contributed by atoms with Crippen molar-refractivity contribution in [2.24, 2.45) is 0 Å². The van der Waals surface area contributed by atoms with Crippen molar-refractivity contribution >= 4 is 5.91 Å². The average molecular weight is 405 g/mol. The van der Waals surface area contributed by atoms with Gasteiger partial charge in [-0.1, -0.05) is 48.5 Å². The topological polar surface area (TPSA) is 90.2 Å². The average Bonchev–Trinajstić information content (AvgIpc) is 3.20. The summed E-state index contributed by atoms with van der Waals surface area (Å²) in [6.45, 7) is 2.45. The van der Waals surface area contributed by atoms with Gasteiger partial charge < -0.3 is 25.0 Å². The number of aliphatic hydroxyl groups is 1. The maximum absolute atomic E-state index is 13.4. The third kappa shape index (κ3) is 3.57. The highest BCUT2D eigenvalue weighted by molar-refractivity contribution is 6.00. The molecule has 6 nitrogen and oxygen atoms in total. The van der Waals surface area contributed by atoms with Gasteiger partial charge in [0.05, 0.1) is 6.61 Å². The number of ether oxygens (including phenoxy) is 1. The molecule has 4 rings (SSSR count). The summed E-state index contributed by atoms with van der Waals surface area (Å²) in [4.78, 5) is 15.0. The van der Waals surface area contributed by atoms with Crippen LogP contribution < -0.4 is 4.74 Å². The van der Waals surface area contributed by atoms with Gasteiger partial charge >= 0.3 is 0 Å². The van der Waals surface area contributed by atoms with E-state index in [0.29, 0.717) is 18.7 Å². The summed E-state index contributed by atoms with van der Waals surface area (Å²) in [6, 6.07) is 16.3. The van der Waals surface area contributed by atoms with E-state index in [1.807, 2.05) is 48.5 Å². The Bertz CT molecular complexity index is 1090. The number of phenolic OH excluding ortho intramolecular Hbond substituents is 2. The van der Waals surface area contributed by atoms with Crippen molar-refractivity contribution in [3.63, 3.8) is 0 Å². The van der Waals surface area contributed by atoms with Gasteiger partial charge in [-0.2, -0.15) is 0 Å². The molecule has 1 amide bonds. The number of aliphatic hydroxyl groups excluding tert-OH is 1. The van der Waals surface area contributed by atoms with E-state index in [1.54, 1.807) is 11.8 Å². The Morgan fingerprint density at radius 2 is 1.80 bits per heavy atom. The first-order valence-electron chi connectivity index (χ1n) is 9.71. The normalized spacial score (nSPS) is 12.7. The number of benzene rings is 3. The summed E-state index contributed by atoms with van der Waals surface area (Å²) in [5.74, 6) is -0.692. The van der Waals surface area contributed by atoms with E-state index in [9.17, 15) is 20.1 Å². The van der Waals surface area contributed by atoms with E-state index in [2.05, 4.69) is 0 Å². The standard InChI is InChI=1S/C24H23NO5/c1-15-20(27)10-21(28)22(23(15)30-14-16-6-3-2-4-7-16)24(29)25-11-17-8-5-9-18(13-26)19(17)12-25/h2-10,26-28H,11-14H2,1H3. The van der Waals surface area contributed by atoms with Gasteiger partial charge in [-0.3, -0.25) is 4.79 Å². The minimum Gasteiger partial charge on any atom is -0.507 e. The molecule has 6 heteroatoms. The van der Waals surface area contributed by atoms with Crippen LogP contribution in [0.3, 0.4) is 0 Å². The number of rotatable bonds is 5. The largest absolute Gasteiger partial charge is 0.507 e. The number of hydrogen-bond donors (Lipinski definition) is 3. The molecule has 3 N–H and O–H groups in total. The summed E-state index contributed by atoms with van der Waals surface area (Å²) < 4.78 is 5.91. The summed E-state index contributed by atoms with van der Waals surface area (Å²) in [7, 11) is 0. The van der Waals surface area contributed by atoms with Crippen LogP contribution in [0.15, 0.2) is 54.6 Å². The molecule has 0 saturated heterocycles. The van der Waals surface area contributed by atoms with Gasteiger partial charge in [-0.05, 0) is 29.2 Å². The van der Waals surface area contributed by atoms with Crippen molar-refractivity contribution in [1.82, 2.24) is 4.90 Å². The van der Waals surface area contributed by atoms with Crippen molar-refractivity contribution in [3.05, 3.63) is 88.0 Å². The molecule has 0 bridgehead atoms. The molecular formula is C24H23NO5. The molecule has 1 aliphatic rings. The van der Waals surface area contributed by atoms with Gasteiger partial charge in [0, 0.05) is 24.7 Å². The minimum absolute atomic E-state index is 0.0274. The molecule has 0 aromatic heterocycles. The summed E-state index contributed by atoms with van der Waals surface area (Å²) in [6.07, 6.45) is 0. The Hall–Kier alpha value is -3.51. The van der Waals surface area contributed by atoms with Crippen LogP contribution in [0, 0.1) is 6.92 Å². The van der Waals surface area contributed by atoms with Crippen LogP contribution in [0.5, 0.6) is 17.2 Å². The van der Waals surface area contributed by atoms with Gasteiger partial charge in [0.2, 0.25) is 0 Å². The molecule has 30 heavy (non-hydrogen) atoms. The van der Waals surface area contributed by atoms with Crippen molar-refractivity contribution in [1.29, 1.82) is 0 Å². The predicted molar refractivity (Wildman–Crippen MR) is 111 cm³/mol.